The van der Waals surface area contributed by atoms with E-state index in [2.05, 4.69) is 59.3 Å². The monoisotopic (exact) mass is 290 g/mol. The van der Waals surface area contributed by atoms with Gasteiger partial charge in [0.05, 0.1) is 6.04 Å². The molecule has 0 bridgehead atoms. The molecule has 1 aromatic carbocycles. The fourth-order valence-corrected chi connectivity index (χ4v) is 2.83. The van der Waals surface area contributed by atoms with Crippen molar-refractivity contribution in [1.29, 1.82) is 0 Å². The van der Waals surface area contributed by atoms with Gasteiger partial charge in [0.25, 0.3) is 0 Å². The Balaban J connectivity index is 1.70. The van der Waals surface area contributed by atoms with Gasteiger partial charge < -0.3 is 10.6 Å². The first kappa shape index (κ1) is 14.0. The number of thiocarbonyl (C=S) groups is 1. The summed E-state index contributed by atoms with van der Waals surface area (Å²) < 4.78 is 0. The van der Waals surface area contributed by atoms with E-state index in [-0.39, 0.29) is 6.04 Å². The molecule has 2 rings (SSSR count). The van der Waals surface area contributed by atoms with E-state index in [9.17, 15) is 0 Å². The Hall–Kier alpha value is -1.39. The fourth-order valence-electron chi connectivity index (χ4n) is 1.82. The lowest BCUT2D eigenvalue weighted by atomic mass is 10.1. The van der Waals surface area contributed by atoms with Crippen molar-refractivity contribution in [2.75, 3.05) is 6.54 Å². The van der Waals surface area contributed by atoms with Crippen molar-refractivity contribution in [2.24, 2.45) is 0 Å². The summed E-state index contributed by atoms with van der Waals surface area (Å²) in [6.07, 6.45) is 0.982. The first-order valence-electron chi connectivity index (χ1n) is 6.37. The Kier molecular flexibility index (Phi) is 5.36. The highest BCUT2D eigenvalue weighted by molar-refractivity contribution is 7.80. The lowest BCUT2D eigenvalue weighted by Crippen LogP contribution is -2.37. The van der Waals surface area contributed by atoms with Crippen molar-refractivity contribution in [2.45, 2.75) is 19.4 Å². The smallest absolute Gasteiger partial charge is 0.166 e. The molecule has 0 radical (unpaired) electrons. The first-order valence-corrected chi connectivity index (χ1v) is 7.66. The van der Waals surface area contributed by atoms with Gasteiger partial charge in [-0.3, -0.25) is 0 Å². The van der Waals surface area contributed by atoms with Crippen molar-refractivity contribution < 1.29 is 0 Å². The van der Waals surface area contributed by atoms with Gasteiger partial charge in [0.2, 0.25) is 0 Å². The number of thiophene rings is 1. The van der Waals surface area contributed by atoms with Crippen LogP contribution in [-0.4, -0.2) is 11.7 Å². The number of rotatable bonds is 5. The normalized spacial score (nSPS) is 11.8. The highest BCUT2D eigenvalue weighted by Crippen LogP contribution is 2.17. The third-order valence-electron chi connectivity index (χ3n) is 2.86. The maximum atomic E-state index is 5.30. The van der Waals surface area contributed by atoms with E-state index in [4.69, 9.17) is 12.2 Å². The summed E-state index contributed by atoms with van der Waals surface area (Å²) in [6.45, 7) is 2.98. The van der Waals surface area contributed by atoms with Crippen molar-refractivity contribution >= 4 is 28.7 Å². The van der Waals surface area contributed by atoms with Crippen LogP contribution in [0.3, 0.4) is 0 Å². The molecular formula is C15H18N2S2. The summed E-state index contributed by atoms with van der Waals surface area (Å²) in [5, 5.41) is 9.35. The van der Waals surface area contributed by atoms with Crippen molar-refractivity contribution in [3.05, 3.63) is 58.3 Å². The van der Waals surface area contributed by atoms with Crippen LogP contribution in [0.1, 0.15) is 23.4 Å². The molecule has 100 valence electrons. The highest BCUT2D eigenvalue weighted by atomic mass is 32.1. The van der Waals surface area contributed by atoms with Gasteiger partial charge in [-0.25, -0.2) is 0 Å². The van der Waals surface area contributed by atoms with Gasteiger partial charge in [0, 0.05) is 11.4 Å². The number of hydrogen-bond acceptors (Lipinski definition) is 2. The minimum atomic E-state index is 0.261. The maximum Gasteiger partial charge on any atom is 0.166 e. The van der Waals surface area contributed by atoms with E-state index in [0.29, 0.717) is 0 Å². The first-order chi connectivity index (χ1) is 9.25. The van der Waals surface area contributed by atoms with Crippen LogP contribution in [0.4, 0.5) is 0 Å². The Bertz CT molecular complexity index is 494. The average molecular weight is 290 g/mol. The van der Waals surface area contributed by atoms with Gasteiger partial charge in [-0.15, -0.1) is 11.3 Å². The fraction of sp³-hybridized carbons (Fsp3) is 0.267. The van der Waals surface area contributed by atoms with E-state index in [1.807, 2.05) is 6.07 Å². The van der Waals surface area contributed by atoms with E-state index in [0.717, 1.165) is 18.1 Å². The molecule has 0 fully saturated rings. The number of hydrogen-bond donors (Lipinski definition) is 2. The van der Waals surface area contributed by atoms with E-state index in [1.54, 1.807) is 11.3 Å². The Morgan fingerprint density at radius 2 is 2.00 bits per heavy atom. The molecule has 1 heterocycles. The molecule has 0 aliphatic heterocycles. The second kappa shape index (κ2) is 7.26. The zero-order chi connectivity index (χ0) is 13.5. The van der Waals surface area contributed by atoms with E-state index < -0.39 is 0 Å². The van der Waals surface area contributed by atoms with Crippen LogP contribution in [-0.2, 0) is 6.42 Å². The topological polar surface area (TPSA) is 24.1 Å². The van der Waals surface area contributed by atoms with Gasteiger partial charge in [-0.1, -0.05) is 36.4 Å². The molecular weight excluding hydrogens is 272 g/mol. The molecule has 0 aliphatic rings. The molecule has 1 aromatic heterocycles. The predicted molar refractivity (Wildman–Crippen MR) is 86.6 cm³/mol. The van der Waals surface area contributed by atoms with E-state index >= 15 is 0 Å². The second-order valence-corrected chi connectivity index (χ2v) is 5.76. The third-order valence-corrected chi connectivity index (χ3v) is 4.18. The average Bonchev–Trinajstić information content (AvgIpc) is 2.94. The molecule has 2 aromatic rings. The van der Waals surface area contributed by atoms with E-state index in [1.165, 1.54) is 10.4 Å². The molecule has 0 saturated heterocycles. The summed E-state index contributed by atoms with van der Waals surface area (Å²) in [5.41, 5.74) is 1.32. The third kappa shape index (κ3) is 4.65. The van der Waals surface area contributed by atoms with Crippen LogP contribution in [0.25, 0.3) is 0 Å². The zero-order valence-corrected chi connectivity index (χ0v) is 12.6. The predicted octanol–water partition coefficient (Wildman–Crippen LogP) is 3.52. The lowest BCUT2D eigenvalue weighted by Gasteiger charge is -2.15. The van der Waals surface area contributed by atoms with Crippen molar-refractivity contribution in [3.8, 4) is 0 Å². The summed E-state index contributed by atoms with van der Waals surface area (Å²) in [4.78, 5) is 1.30. The standard InChI is InChI=1S/C15H18N2S2/c1-12(14-8-5-11-19-14)17-15(18)16-10-9-13-6-3-2-4-7-13/h2-8,11-12H,9-10H2,1H3,(H2,16,17,18)/t12-/m1/s1. The Labute approximate surface area is 123 Å². The van der Waals surface area contributed by atoms with Gasteiger partial charge in [0.15, 0.2) is 5.11 Å². The van der Waals surface area contributed by atoms with Crippen molar-refractivity contribution in [3.63, 3.8) is 0 Å². The summed E-state index contributed by atoms with van der Waals surface area (Å²) in [6, 6.07) is 14.9. The lowest BCUT2D eigenvalue weighted by molar-refractivity contribution is 0.708. The largest absolute Gasteiger partial charge is 0.362 e. The number of nitrogens with one attached hydrogen (secondary N) is 2. The van der Waals surface area contributed by atoms with Gasteiger partial charge >= 0.3 is 0 Å². The molecule has 0 amide bonds. The molecule has 4 heteroatoms. The highest BCUT2D eigenvalue weighted by Gasteiger charge is 2.06. The van der Waals surface area contributed by atoms with Gasteiger partial charge in [-0.05, 0) is 42.6 Å². The SMILES string of the molecule is C[C@@H](NC(=S)NCCc1ccccc1)c1cccs1. The molecule has 0 aliphatic carbocycles. The Morgan fingerprint density at radius 1 is 1.21 bits per heavy atom. The quantitative estimate of drug-likeness (QED) is 0.824. The van der Waals surface area contributed by atoms with Crippen LogP contribution in [0, 0.1) is 0 Å². The second-order valence-electron chi connectivity index (χ2n) is 4.37. The summed E-state index contributed by atoms with van der Waals surface area (Å²) in [5.74, 6) is 0. The Morgan fingerprint density at radius 3 is 2.68 bits per heavy atom. The van der Waals surface area contributed by atoms with Crippen LogP contribution < -0.4 is 10.6 Å². The molecule has 0 unspecified atom stereocenters. The molecule has 2 nitrogen and oxygen atoms in total. The summed E-state index contributed by atoms with van der Waals surface area (Å²) >= 11 is 7.05. The maximum absolute atomic E-state index is 5.30. The molecule has 2 N–H and O–H groups in total. The van der Waals surface area contributed by atoms with Crippen molar-refractivity contribution in [1.82, 2.24) is 10.6 Å². The molecule has 0 spiro atoms. The van der Waals surface area contributed by atoms with Gasteiger partial charge in [-0.2, -0.15) is 0 Å². The molecule has 0 saturated carbocycles. The van der Waals surface area contributed by atoms with Crippen LogP contribution in [0.5, 0.6) is 0 Å². The molecule has 1 atom stereocenters. The van der Waals surface area contributed by atoms with Gasteiger partial charge in [0.1, 0.15) is 0 Å². The van der Waals surface area contributed by atoms with Crippen LogP contribution >= 0.6 is 23.6 Å². The van der Waals surface area contributed by atoms with Crippen LogP contribution in [0.15, 0.2) is 47.8 Å². The minimum absolute atomic E-state index is 0.261. The number of benzene rings is 1. The zero-order valence-electron chi connectivity index (χ0n) is 10.9. The minimum Gasteiger partial charge on any atom is -0.362 e. The van der Waals surface area contributed by atoms with Crippen LogP contribution in [0.2, 0.25) is 0 Å². The molecule has 19 heavy (non-hydrogen) atoms. The summed E-state index contributed by atoms with van der Waals surface area (Å²) in [7, 11) is 0.